The van der Waals surface area contributed by atoms with Gasteiger partial charge in [-0.05, 0) is 37.6 Å². The van der Waals surface area contributed by atoms with Crippen molar-refractivity contribution in [3.8, 4) is 5.75 Å². The van der Waals surface area contributed by atoms with Gasteiger partial charge in [0, 0.05) is 0 Å². The fraction of sp³-hybridized carbons (Fsp3) is 0.500. The molecule has 1 aromatic carbocycles. The lowest BCUT2D eigenvalue weighted by atomic mass is 9.91. The number of hydrogen-bond acceptors (Lipinski definition) is 3. The molecule has 0 saturated carbocycles. The topological polar surface area (TPSA) is 64.3 Å². The molecule has 0 spiro atoms. The molecule has 100 valence electrons. The fourth-order valence-electron chi connectivity index (χ4n) is 1.79. The molecule has 4 heteroatoms. The Hall–Kier alpha value is -1.55. The molecule has 0 aliphatic carbocycles. The summed E-state index contributed by atoms with van der Waals surface area (Å²) in [7, 11) is 0. The number of nitrogens with one attached hydrogen (secondary N) is 1. The minimum Gasteiger partial charge on any atom is -0.494 e. The van der Waals surface area contributed by atoms with Gasteiger partial charge in [-0.3, -0.25) is 4.79 Å². The summed E-state index contributed by atoms with van der Waals surface area (Å²) < 4.78 is 5.51. The standard InChI is InChI=1S/C14H22N2O2/c1-4-10-18-12-8-6-11(7-9-12)14(3,13(15)17)16-5-2/h6-9,16H,4-5,10H2,1-3H3,(H2,15,17). The van der Waals surface area contributed by atoms with Gasteiger partial charge in [-0.2, -0.15) is 0 Å². The number of primary amides is 1. The van der Waals surface area contributed by atoms with E-state index in [-0.39, 0.29) is 5.91 Å². The number of ether oxygens (including phenoxy) is 1. The molecule has 18 heavy (non-hydrogen) atoms. The van der Waals surface area contributed by atoms with Gasteiger partial charge < -0.3 is 15.8 Å². The molecule has 0 bridgehead atoms. The van der Waals surface area contributed by atoms with E-state index in [0.717, 1.165) is 17.7 Å². The lowest BCUT2D eigenvalue weighted by Gasteiger charge is -2.27. The molecule has 0 heterocycles. The highest BCUT2D eigenvalue weighted by Gasteiger charge is 2.31. The van der Waals surface area contributed by atoms with Crippen LogP contribution in [-0.4, -0.2) is 19.1 Å². The molecular weight excluding hydrogens is 228 g/mol. The number of carbonyl (C=O) groups is 1. The van der Waals surface area contributed by atoms with Gasteiger partial charge in [0.15, 0.2) is 0 Å². The largest absolute Gasteiger partial charge is 0.494 e. The van der Waals surface area contributed by atoms with E-state index in [1.54, 1.807) is 6.92 Å². The summed E-state index contributed by atoms with van der Waals surface area (Å²) in [6.45, 7) is 7.16. The maximum atomic E-state index is 11.6. The van der Waals surface area contributed by atoms with E-state index in [2.05, 4.69) is 12.2 Å². The Morgan fingerprint density at radius 2 is 1.94 bits per heavy atom. The molecule has 4 nitrogen and oxygen atoms in total. The van der Waals surface area contributed by atoms with E-state index in [1.165, 1.54) is 0 Å². The molecule has 1 rings (SSSR count). The Bertz CT molecular complexity index is 389. The zero-order chi connectivity index (χ0) is 13.6. The van der Waals surface area contributed by atoms with Crippen molar-refractivity contribution in [1.29, 1.82) is 0 Å². The first kappa shape index (κ1) is 14.5. The SMILES string of the molecule is CCCOc1ccc(C(C)(NCC)C(N)=O)cc1. The molecule has 3 N–H and O–H groups in total. The Morgan fingerprint density at radius 3 is 2.39 bits per heavy atom. The van der Waals surface area contributed by atoms with Gasteiger partial charge in [-0.15, -0.1) is 0 Å². The highest BCUT2D eigenvalue weighted by atomic mass is 16.5. The summed E-state index contributed by atoms with van der Waals surface area (Å²) in [5.74, 6) is 0.426. The number of rotatable bonds is 7. The molecule has 1 atom stereocenters. The summed E-state index contributed by atoms with van der Waals surface area (Å²) in [5, 5.41) is 3.12. The van der Waals surface area contributed by atoms with Crippen molar-refractivity contribution in [3.63, 3.8) is 0 Å². The second-order valence-electron chi connectivity index (χ2n) is 4.39. The normalized spacial score (nSPS) is 13.9. The minimum absolute atomic E-state index is 0.383. The zero-order valence-electron chi connectivity index (χ0n) is 11.3. The Morgan fingerprint density at radius 1 is 1.33 bits per heavy atom. The van der Waals surface area contributed by atoms with Crippen molar-refractivity contribution < 1.29 is 9.53 Å². The maximum Gasteiger partial charge on any atom is 0.242 e. The summed E-state index contributed by atoms with van der Waals surface area (Å²) >= 11 is 0. The predicted octanol–water partition coefficient (Wildman–Crippen LogP) is 1.79. The van der Waals surface area contributed by atoms with Crippen LogP contribution in [0.1, 0.15) is 32.8 Å². The van der Waals surface area contributed by atoms with Gasteiger partial charge in [0.05, 0.1) is 6.61 Å². The zero-order valence-corrected chi connectivity index (χ0v) is 11.3. The van der Waals surface area contributed by atoms with E-state index in [4.69, 9.17) is 10.5 Å². The van der Waals surface area contributed by atoms with E-state index in [9.17, 15) is 4.79 Å². The highest BCUT2D eigenvalue weighted by molar-refractivity contribution is 5.85. The van der Waals surface area contributed by atoms with Crippen LogP contribution in [0, 0.1) is 0 Å². The molecule has 0 aliphatic heterocycles. The van der Waals surface area contributed by atoms with E-state index in [1.807, 2.05) is 31.2 Å². The van der Waals surface area contributed by atoms with Gasteiger partial charge in [0.25, 0.3) is 0 Å². The van der Waals surface area contributed by atoms with Crippen molar-refractivity contribution in [3.05, 3.63) is 29.8 Å². The summed E-state index contributed by atoms with van der Waals surface area (Å²) in [5.41, 5.74) is 5.49. The van der Waals surface area contributed by atoms with Crippen LogP contribution in [0.25, 0.3) is 0 Å². The molecule has 1 aromatic rings. The Labute approximate surface area is 109 Å². The van der Waals surface area contributed by atoms with E-state index in [0.29, 0.717) is 13.2 Å². The first-order valence-corrected chi connectivity index (χ1v) is 6.32. The number of amides is 1. The lowest BCUT2D eigenvalue weighted by molar-refractivity contribution is -0.124. The molecule has 0 fully saturated rings. The molecule has 0 radical (unpaired) electrons. The smallest absolute Gasteiger partial charge is 0.242 e. The molecule has 1 amide bonds. The minimum atomic E-state index is -0.835. The quantitative estimate of drug-likeness (QED) is 0.775. The van der Waals surface area contributed by atoms with Gasteiger partial charge >= 0.3 is 0 Å². The lowest BCUT2D eigenvalue weighted by Crippen LogP contribution is -2.50. The van der Waals surface area contributed by atoms with Crippen LogP contribution < -0.4 is 15.8 Å². The number of benzene rings is 1. The van der Waals surface area contributed by atoms with Gasteiger partial charge in [0.1, 0.15) is 11.3 Å². The van der Waals surface area contributed by atoms with Crippen LogP contribution in [0.15, 0.2) is 24.3 Å². The summed E-state index contributed by atoms with van der Waals surface area (Å²) in [6.07, 6.45) is 0.970. The number of likely N-dealkylation sites (N-methyl/N-ethyl adjacent to an activating group) is 1. The van der Waals surface area contributed by atoms with Crippen LogP contribution in [0.5, 0.6) is 5.75 Å². The van der Waals surface area contributed by atoms with Gasteiger partial charge in [-0.1, -0.05) is 26.0 Å². The third-order valence-electron chi connectivity index (χ3n) is 2.93. The average Bonchev–Trinajstić information content (AvgIpc) is 2.37. The Kier molecular flexibility index (Phi) is 5.16. The van der Waals surface area contributed by atoms with Gasteiger partial charge in [0.2, 0.25) is 5.91 Å². The second-order valence-corrected chi connectivity index (χ2v) is 4.39. The first-order valence-electron chi connectivity index (χ1n) is 6.32. The number of nitrogens with two attached hydrogens (primary N) is 1. The third-order valence-corrected chi connectivity index (χ3v) is 2.93. The van der Waals surface area contributed by atoms with Crippen LogP contribution in [0.2, 0.25) is 0 Å². The van der Waals surface area contributed by atoms with Crippen LogP contribution >= 0.6 is 0 Å². The first-order chi connectivity index (χ1) is 8.54. The molecule has 1 unspecified atom stereocenters. The highest BCUT2D eigenvalue weighted by Crippen LogP contribution is 2.23. The average molecular weight is 250 g/mol. The summed E-state index contributed by atoms with van der Waals surface area (Å²) in [6, 6.07) is 7.48. The van der Waals surface area contributed by atoms with Crippen molar-refractivity contribution in [2.45, 2.75) is 32.7 Å². The van der Waals surface area contributed by atoms with Crippen molar-refractivity contribution >= 4 is 5.91 Å². The number of hydrogen-bond donors (Lipinski definition) is 2. The van der Waals surface area contributed by atoms with Crippen LogP contribution in [0.3, 0.4) is 0 Å². The Balaban J connectivity index is 2.90. The van der Waals surface area contributed by atoms with E-state index < -0.39 is 5.54 Å². The fourth-order valence-corrected chi connectivity index (χ4v) is 1.79. The maximum absolute atomic E-state index is 11.6. The molecule has 0 aliphatic rings. The molecule has 0 aromatic heterocycles. The van der Waals surface area contributed by atoms with Crippen molar-refractivity contribution in [2.75, 3.05) is 13.2 Å². The van der Waals surface area contributed by atoms with Crippen LogP contribution in [0.4, 0.5) is 0 Å². The van der Waals surface area contributed by atoms with Crippen molar-refractivity contribution in [2.24, 2.45) is 5.73 Å². The third kappa shape index (κ3) is 3.23. The van der Waals surface area contributed by atoms with Gasteiger partial charge in [-0.25, -0.2) is 0 Å². The van der Waals surface area contributed by atoms with Crippen LogP contribution in [-0.2, 0) is 10.3 Å². The number of carbonyl (C=O) groups excluding carboxylic acids is 1. The molecular formula is C14H22N2O2. The monoisotopic (exact) mass is 250 g/mol. The molecule has 0 saturated heterocycles. The predicted molar refractivity (Wildman–Crippen MR) is 72.5 cm³/mol. The summed E-state index contributed by atoms with van der Waals surface area (Å²) in [4.78, 5) is 11.6. The van der Waals surface area contributed by atoms with E-state index >= 15 is 0 Å². The second kappa shape index (κ2) is 6.40. The van der Waals surface area contributed by atoms with Crippen molar-refractivity contribution in [1.82, 2.24) is 5.32 Å².